The van der Waals surface area contributed by atoms with E-state index in [-0.39, 0.29) is 34.4 Å². The Labute approximate surface area is 245 Å². The van der Waals surface area contributed by atoms with Gasteiger partial charge < -0.3 is 15.0 Å². The van der Waals surface area contributed by atoms with Crippen molar-refractivity contribution in [2.45, 2.75) is 50.2 Å². The number of hydrogen-bond donors (Lipinski definition) is 2. The molecule has 10 heteroatoms. The lowest BCUT2D eigenvalue weighted by atomic mass is 9.70. The minimum absolute atomic E-state index is 0.0124. The molecule has 0 unspecified atom stereocenters. The van der Waals surface area contributed by atoms with Gasteiger partial charge in [0.1, 0.15) is 17.2 Å². The highest BCUT2D eigenvalue weighted by Gasteiger charge is 2.68. The fourth-order valence-electron chi connectivity index (χ4n) is 7.54. The van der Waals surface area contributed by atoms with Gasteiger partial charge in [-0.1, -0.05) is 55.2 Å². The number of likely N-dealkylation sites (tertiary alicyclic amines) is 1. The van der Waals surface area contributed by atoms with Crippen LogP contribution in [0.25, 0.3) is 11.0 Å². The number of benzene rings is 3. The first kappa shape index (κ1) is 26.4. The molecule has 4 heterocycles. The molecule has 7 rings (SSSR count). The SMILES string of the molecule is CC(C)CN1[C@H]2CCn3c(nc4cc(C(=O)O)ccc43)[C@H]2[C@H](c2cccc(Cl)c2F)[C@]12C(=O)Nc1cc(Cl)ccc12. The number of carboxylic acids is 1. The van der Waals surface area contributed by atoms with Crippen LogP contribution in [-0.2, 0) is 16.9 Å². The second-order valence-electron chi connectivity index (χ2n) is 11.6. The molecule has 0 saturated carbocycles. The molecule has 3 aromatic carbocycles. The number of halogens is 3. The molecule has 0 bridgehead atoms. The number of carboxylic acid groups (broad SMARTS) is 1. The average Bonchev–Trinajstić information content (AvgIpc) is 3.53. The molecule has 2 N–H and O–H groups in total. The number of hydrogen-bond acceptors (Lipinski definition) is 4. The zero-order valence-electron chi connectivity index (χ0n) is 22.4. The second-order valence-corrected chi connectivity index (χ2v) is 12.4. The average molecular weight is 593 g/mol. The summed E-state index contributed by atoms with van der Waals surface area (Å²) in [6.07, 6.45) is 0.702. The first-order valence-corrected chi connectivity index (χ1v) is 14.4. The number of nitrogens with zero attached hydrogens (tertiary/aromatic N) is 3. The summed E-state index contributed by atoms with van der Waals surface area (Å²) in [4.78, 5) is 33.4. The van der Waals surface area contributed by atoms with Crippen molar-refractivity contribution in [3.63, 3.8) is 0 Å². The molecule has 41 heavy (non-hydrogen) atoms. The minimum atomic E-state index is -1.25. The van der Waals surface area contributed by atoms with Crippen molar-refractivity contribution >= 4 is 51.8 Å². The van der Waals surface area contributed by atoms with Crippen LogP contribution in [0.5, 0.6) is 0 Å². The maximum Gasteiger partial charge on any atom is 0.335 e. The zero-order chi connectivity index (χ0) is 28.8. The molecule has 4 atom stereocenters. The Kier molecular flexibility index (Phi) is 5.98. The van der Waals surface area contributed by atoms with Gasteiger partial charge in [-0.15, -0.1) is 0 Å². The largest absolute Gasteiger partial charge is 0.478 e. The second kappa shape index (κ2) is 9.28. The molecule has 1 saturated heterocycles. The van der Waals surface area contributed by atoms with Gasteiger partial charge in [0.2, 0.25) is 5.91 Å². The Balaban J connectivity index is 1.55. The lowest BCUT2D eigenvalue weighted by molar-refractivity contribution is -0.128. The fourth-order valence-corrected chi connectivity index (χ4v) is 7.90. The highest BCUT2D eigenvalue weighted by atomic mass is 35.5. The maximum atomic E-state index is 16.1. The summed E-state index contributed by atoms with van der Waals surface area (Å²) in [5.41, 5.74) is 1.99. The van der Waals surface area contributed by atoms with Gasteiger partial charge in [-0.25, -0.2) is 14.2 Å². The van der Waals surface area contributed by atoms with Crippen LogP contribution in [0.4, 0.5) is 10.1 Å². The minimum Gasteiger partial charge on any atom is -0.478 e. The number of fused-ring (bicyclic) bond motifs is 7. The van der Waals surface area contributed by atoms with Crippen molar-refractivity contribution in [1.82, 2.24) is 14.5 Å². The van der Waals surface area contributed by atoms with E-state index >= 15 is 4.39 Å². The monoisotopic (exact) mass is 592 g/mol. The van der Waals surface area contributed by atoms with Gasteiger partial charge in [-0.05, 0) is 54.3 Å². The van der Waals surface area contributed by atoms with Crippen LogP contribution in [0.2, 0.25) is 10.0 Å². The number of carbonyl (C=O) groups excluding carboxylic acids is 1. The molecule has 0 aliphatic carbocycles. The summed E-state index contributed by atoms with van der Waals surface area (Å²) in [5, 5.41) is 13.2. The van der Waals surface area contributed by atoms with Crippen molar-refractivity contribution in [2.75, 3.05) is 11.9 Å². The van der Waals surface area contributed by atoms with Gasteiger partial charge in [0.25, 0.3) is 0 Å². The molecule has 4 aromatic rings. The molecule has 1 aromatic heterocycles. The van der Waals surface area contributed by atoms with E-state index in [4.69, 9.17) is 28.2 Å². The van der Waals surface area contributed by atoms with Crippen molar-refractivity contribution < 1.29 is 19.1 Å². The van der Waals surface area contributed by atoms with E-state index in [1.807, 2.05) is 6.07 Å². The molecule has 1 amide bonds. The molecule has 3 aliphatic heterocycles. The third kappa shape index (κ3) is 3.63. The number of aromatic carboxylic acids is 1. The number of rotatable bonds is 4. The van der Waals surface area contributed by atoms with E-state index in [0.29, 0.717) is 47.1 Å². The highest BCUT2D eigenvalue weighted by Crippen LogP contribution is 2.64. The van der Waals surface area contributed by atoms with Crippen molar-refractivity contribution in [2.24, 2.45) is 5.92 Å². The molecule has 0 radical (unpaired) electrons. The van der Waals surface area contributed by atoms with Crippen LogP contribution in [-0.4, -0.2) is 44.0 Å². The van der Waals surface area contributed by atoms with Gasteiger partial charge >= 0.3 is 5.97 Å². The summed E-state index contributed by atoms with van der Waals surface area (Å²) in [5.74, 6) is -1.96. The maximum absolute atomic E-state index is 16.1. The molecular formula is C31H27Cl2FN4O3. The summed E-state index contributed by atoms with van der Waals surface area (Å²) in [6, 6.07) is 15.1. The number of imidazole rings is 1. The standard InChI is InChI=1S/C31H27Cl2FN4O3/c1-15(2)14-38-24-10-11-37-23-9-6-16(29(39)40)12-22(23)35-28(37)25(24)26(18-4-3-5-20(33)27(18)34)31(38)19-8-7-17(32)13-21(19)36-30(31)41/h3-9,12-13,15,24-26H,10-11,14H2,1-2H3,(H,36,41)(H,39,40)/t24-,25+,26-,31+/m0/s1. The molecule has 3 aliphatic rings. The number of nitrogens with one attached hydrogen (secondary N) is 1. The number of anilines is 1. The van der Waals surface area contributed by atoms with Crippen LogP contribution in [0, 0.1) is 11.7 Å². The van der Waals surface area contributed by atoms with Gasteiger partial charge in [-0.3, -0.25) is 9.69 Å². The van der Waals surface area contributed by atoms with Gasteiger partial charge in [0.15, 0.2) is 0 Å². The third-order valence-corrected chi connectivity index (χ3v) is 9.44. The van der Waals surface area contributed by atoms with Crippen molar-refractivity contribution in [1.29, 1.82) is 0 Å². The van der Waals surface area contributed by atoms with E-state index in [9.17, 15) is 14.7 Å². The van der Waals surface area contributed by atoms with Crippen LogP contribution >= 0.6 is 23.2 Å². The number of aromatic nitrogens is 2. The molecule has 210 valence electrons. The lowest BCUT2D eigenvalue weighted by Crippen LogP contribution is -2.53. The Hall–Kier alpha value is -3.46. The topological polar surface area (TPSA) is 87.5 Å². The lowest BCUT2D eigenvalue weighted by Gasteiger charge is -2.40. The molecule has 1 spiro atoms. The van der Waals surface area contributed by atoms with Crippen molar-refractivity contribution in [3.8, 4) is 0 Å². The quantitative estimate of drug-likeness (QED) is 0.277. The van der Waals surface area contributed by atoms with Crippen LogP contribution in [0.15, 0.2) is 54.6 Å². The van der Waals surface area contributed by atoms with Gasteiger partial charge in [-0.2, -0.15) is 0 Å². The zero-order valence-corrected chi connectivity index (χ0v) is 23.9. The Morgan fingerprint density at radius 1 is 1.20 bits per heavy atom. The molecule has 1 fully saturated rings. The first-order chi connectivity index (χ1) is 19.6. The Morgan fingerprint density at radius 3 is 2.76 bits per heavy atom. The van der Waals surface area contributed by atoms with Crippen LogP contribution in [0.1, 0.15) is 59.4 Å². The smallest absolute Gasteiger partial charge is 0.335 e. The highest BCUT2D eigenvalue weighted by molar-refractivity contribution is 6.31. The molecule has 7 nitrogen and oxygen atoms in total. The van der Waals surface area contributed by atoms with Crippen LogP contribution in [0.3, 0.4) is 0 Å². The fraction of sp³-hybridized carbons (Fsp3) is 0.323. The summed E-state index contributed by atoms with van der Waals surface area (Å²) < 4.78 is 18.2. The third-order valence-electron chi connectivity index (χ3n) is 8.91. The van der Waals surface area contributed by atoms with E-state index in [0.717, 1.165) is 11.1 Å². The number of aryl methyl sites for hydroxylation is 1. The predicted octanol–water partition coefficient (Wildman–Crippen LogP) is 6.64. The Bertz CT molecular complexity index is 1770. The number of carbonyl (C=O) groups is 2. The van der Waals surface area contributed by atoms with Gasteiger partial charge in [0.05, 0.1) is 21.6 Å². The summed E-state index contributed by atoms with van der Waals surface area (Å²) in [6.45, 7) is 5.44. The van der Waals surface area contributed by atoms with E-state index in [2.05, 4.69) is 28.6 Å². The van der Waals surface area contributed by atoms with E-state index < -0.39 is 23.2 Å². The summed E-state index contributed by atoms with van der Waals surface area (Å²) >= 11 is 12.7. The van der Waals surface area contributed by atoms with E-state index in [1.54, 1.807) is 42.5 Å². The Morgan fingerprint density at radius 2 is 2.00 bits per heavy atom. The number of amides is 1. The van der Waals surface area contributed by atoms with E-state index in [1.165, 1.54) is 6.07 Å². The van der Waals surface area contributed by atoms with Crippen LogP contribution < -0.4 is 5.32 Å². The normalized spacial score (nSPS) is 25.0. The molecular weight excluding hydrogens is 566 g/mol. The first-order valence-electron chi connectivity index (χ1n) is 13.7. The van der Waals surface area contributed by atoms with Crippen molar-refractivity contribution in [3.05, 3.63) is 93.0 Å². The summed E-state index contributed by atoms with van der Waals surface area (Å²) in [7, 11) is 0. The predicted molar refractivity (Wildman–Crippen MR) is 155 cm³/mol. The van der Waals surface area contributed by atoms with Gasteiger partial charge in [0, 0.05) is 47.2 Å².